The number of hydrogen-bond acceptors (Lipinski definition) is 5. The number of amides is 2. The molecule has 0 unspecified atom stereocenters. The lowest BCUT2D eigenvalue weighted by molar-refractivity contribution is -0.121. The van der Waals surface area contributed by atoms with Crippen molar-refractivity contribution in [2.75, 3.05) is 14.2 Å². The molecule has 0 N–H and O–H groups in total. The monoisotopic (exact) mass is 451 g/mol. The molecule has 0 aliphatic carbocycles. The van der Waals surface area contributed by atoms with Crippen molar-refractivity contribution in [3.8, 4) is 11.5 Å². The molecule has 3 rings (SSSR count). The molecule has 0 bridgehead atoms. The van der Waals surface area contributed by atoms with Gasteiger partial charge in [0.15, 0.2) is 11.5 Å². The van der Waals surface area contributed by atoms with Crippen molar-refractivity contribution in [2.45, 2.75) is 6.61 Å². The molecule has 0 atom stereocenters. The van der Waals surface area contributed by atoms with Crippen LogP contribution in [0.4, 0.5) is 9.18 Å². The number of imide groups is 1. The second-order valence-corrected chi connectivity index (χ2v) is 7.49. The number of methoxy groups -OCH3 is 1. The SMILES string of the molecule is COc1cc(/C=C2\SC(=O)N(C)C2=O)c(Br)cc1OCc1ccccc1F. The van der Waals surface area contributed by atoms with Crippen molar-refractivity contribution in [1.29, 1.82) is 0 Å². The number of rotatable bonds is 5. The lowest BCUT2D eigenvalue weighted by atomic mass is 10.1. The summed E-state index contributed by atoms with van der Waals surface area (Å²) in [5, 5.41) is -0.320. The third-order valence-corrected chi connectivity index (χ3v) is 5.54. The molecule has 1 fully saturated rings. The van der Waals surface area contributed by atoms with Gasteiger partial charge in [-0.3, -0.25) is 14.5 Å². The Bertz CT molecular complexity index is 947. The number of carbonyl (C=O) groups excluding carboxylic acids is 2. The van der Waals surface area contributed by atoms with Crippen LogP contribution in [0.25, 0.3) is 6.08 Å². The van der Waals surface area contributed by atoms with Crippen LogP contribution in [0.15, 0.2) is 45.8 Å². The van der Waals surface area contributed by atoms with Crippen molar-refractivity contribution < 1.29 is 23.5 Å². The van der Waals surface area contributed by atoms with Crippen LogP contribution in [-0.2, 0) is 11.4 Å². The number of ether oxygens (including phenoxy) is 2. The highest BCUT2D eigenvalue weighted by Crippen LogP contribution is 2.38. The van der Waals surface area contributed by atoms with E-state index in [1.807, 2.05) is 0 Å². The molecule has 1 saturated heterocycles. The number of hydrogen-bond donors (Lipinski definition) is 0. The number of thioether (sulfide) groups is 1. The molecule has 2 amide bonds. The quantitative estimate of drug-likeness (QED) is 0.608. The maximum atomic E-state index is 13.8. The Hall–Kier alpha value is -2.32. The van der Waals surface area contributed by atoms with Gasteiger partial charge in [0.2, 0.25) is 0 Å². The fraction of sp³-hybridized carbons (Fsp3) is 0.158. The maximum Gasteiger partial charge on any atom is 0.293 e. The summed E-state index contributed by atoms with van der Waals surface area (Å²) in [6.07, 6.45) is 1.61. The topological polar surface area (TPSA) is 55.8 Å². The van der Waals surface area contributed by atoms with Crippen molar-refractivity contribution in [2.24, 2.45) is 0 Å². The lowest BCUT2D eigenvalue weighted by Gasteiger charge is -2.13. The van der Waals surface area contributed by atoms with Crippen LogP contribution >= 0.6 is 27.7 Å². The van der Waals surface area contributed by atoms with Crippen LogP contribution < -0.4 is 9.47 Å². The minimum Gasteiger partial charge on any atom is -0.493 e. The van der Waals surface area contributed by atoms with E-state index in [2.05, 4.69) is 15.9 Å². The zero-order valence-corrected chi connectivity index (χ0v) is 16.9. The Labute approximate surface area is 168 Å². The van der Waals surface area contributed by atoms with Gasteiger partial charge >= 0.3 is 0 Å². The molecule has 0 spiro atoms. The molecular weight excluding hydrogens is 437 g/mol. The van der Waals surface area contributed by atoms with Crippen molar-refractivity contribution in [3.63, 3.8) is 0 Å². The Balaban J connectivity index is 1.86. The number of nitrogens with zero attached hydrogens (tertiary/aromatic N) is 1. The van der Waals surface area contributed by atoms with Gasteiger partial charge in [-0.15, -0.1) is 0 Å². The second-order valence-electron chi connectivity index (χ2n) is 5.65. The van der Waals surface area contributed by atoms with Gasteiger partial charge in [-0.1, -0.05) is 34.1 Å². The Kier molecular flexibility index (Phi) is 5.86. The van der Waals surface area contributed by atoms with E-state index in [1.165, 1.54) is 20.2 Å². The minimum atomic E-state index is -0.351. The summed E-state index contributed by atoms with van der Waals surface area (Å²) in [6.45, 7) is 0.0452. The summed E-state index contributed by atoms with van der Waals surface area (Å²) in [6, 6.07) is 9.73. The molecular formula is C19H15BrFNO4S. The normalized spacial score (nSPS) is 15.6. The Morgan fingerprint density at radius 3 is 2.59 bits per heavy atom. The smallest absolute Gasteiger partial charge is 0.293 e. The van der Waals surface area contributed by atoms with Crippen molar-refractivity contribution in [1.82, 2.24) is 4.90 Å². The first kappa shape index (κ1) is 19.4. The fourth-order valence-electron chi connectivity index (χ4n) is 2.39. The van der Waals surface area contributed by atoms with E-state index in [1.54, 1.807) is 36.4 Å². The van der Waals surface area contributed by atoms with E-state index in [-0.39, 0.29) is 23.6 Å². The number of likely N-dealkylation sites (N-methyl/N-ethyl adjacent to an activating group) is 1. The van der Waals surface area contributed by atoms with Crippen molar-refractivity contribution in [3.05, 3.63) is 62.7 Å². The number of carbonyl (C=O) groups is 2. The predicted octanol–water partition coefficient (Wildman–Crippen LogP) is 4.84. The second kappa shape index (κ2) is 8.14. The average Bonchev–Trinajstić information content (AvgIpc) is 2.89. The highest BCUT2D eigenvalue weighted by molar-refractivity contribution is 9.10. The molecule has 1 heterocycles. The summed E-state index contributed by atoms with van der Waals surface area (Å²) in [7, 11) is 2.93. The lowest BCUT2D eigenvalue weighted by Crippen LogP contribution is -2.22. The third kappa shape index (κ3) is 4.17. The van der Waals surface area contributed by atoms with Gasteiger partial charge in [-0.05, 0) is 41.6 Å². The first-order chi connectivity index (χ1) is 12.9. The molecule has 27 heavy (non-hydrogen) atoms. The van der Waals surface area contributed by atoms with Crippen LogP contribution in [0.1, 0.15) is 11.1 Å². The zero-order chi connectivity index (χ0) is 19.6. The first-order valence-corrected chi connectivity index (χ1v) is 9.47. The van der Waals surface area contributed by atoms with Gasteiger partial charge in [0, 0.05) is 17.1 Å². The van der Waals surface area contributed by atoms with E-state index in [4.69, 9.17) is 9.47 Å². The predicted molar refractivity (Wildman–Crippen MR) is 105 cm³/mol. The summed E-state index contributed by atoms with van der Waals surface area (Å²) in [5.74, 6) is 0.156. The van der Waals surface area contributed by atoms with Gasteiger partial charge in [0.25, 0.3) is 11.1 Å². The number of halogens is 2. The molecule has 0 radical (unpaired) electrons. The molecule has 2 aromatic rings. The zero-order valence-electron chi connectivity index (χ0n) is 14.5. The summed E-state index contributed by atoms with van der Waals surface area (Å²) < 4.78 is 25.5. The summed E-state index contributed by atoms with van der Waals surface area (Å²) in [5.41, 5.74) is 1.08. The summed E-state index contributed by atoms with van der Waals surface area (Å²) >= 11 is 4.31. The maximum absolute atomic E-state index is 13.8. The van der Waals surface area contributed by atoms with Crippen LogP contribution in [0, 0.1) is 5.82 Å². The summed E-state index contributed by atoms with van der Waals surface area (Å²) in [4.78, 5) is 25.1. The molecule has 1 aliphatic rings. The molecule has 2 aromatic carbocycles. The van der Waals surface area contributed by atoms with E-state index in [0.717, 1.165) is 16.7 Å². The van der Waals surface area contributed by atoms with Crippen LogP contribution in [0.5, 0.6) is 11.5 Å². The molecule has 140 valence electrons. The third-order valence-electron chi connectivity index (χ3n) is 3.90. The average molecular weight is 452 g/mol. The highest BCUT2D eigenvalue weighted by Gasteiger charge is 2.32. The minimum absolute atomic E-state index is 0.0452. The molecule has 1 aliphatic heterocycles. The van der Waals surface area contributed by atoms with Gasteiger partial charge in [-0.25, -0.2) is 4.39 Å². The van der Waals surface area contributed by atoms with E-state index < -0.39 is 0 Å². The Morgan fingerprint density at radius 1 is 1.22 bits per heavy atom. The van der Waals surface area contributed by atoms with Crippen LogP contribution in [0.3, 0.4) is 0 Å². The van der Waals surface area contributed by atoms with Gasteiger partial charge in [0.05, 0.1) is 12.0 Å². The highest BCUT2D eigenvalue weighted by atomic mass is 79.9. The van der Waals surface area contributed by atoms with Crippen LogP contribution in [-0.4, -0.2) is 30.2 Å². The van der Waals surface area contributed by atoms with Crippen molar-refractivity contribution >= 4 is 44.9 Å². The molecule has 0 aromatic heterocycles. The molecule has 5 nitrogen and oxygen atoms in total. The fourth-order valence-corrected chi connectivity index (χ4v) is 3.65. The van der Waals surface area contributed by atoms with E-state index in [9.17, 15) is 14.0 Å². The standard InChI is InChI=1S/C19H15BrFNO4S/c1-22-18(23)17(27-19(22)24)8-12-7-15(25-2)16(9-13(12)20)26-10-11-5-3-4-6-14(11)21/h3-9H,10H2,1-2H3/b17-8-. The largest absolute Gasteiger partial charge is 0.493 e. The number of benzene rings is 2. The molecule has 8 heteroatoms. The van der Waals surface area contributed by atoms with Gasteiger partial charge in [-0.2, -0.15) is 0 Å². The van der Waals surface area contributed by atoms with E-state index in [0.29, 0.717) is 32.0 Å². The molecule has 0 saturated carbocycles. The van der Waals surface area contributed by atoms with Gasteiger partial charge < -0.3 is 9.47 Å². The first-order valence-electron chi connectivity index (χ1n) is 7.86. The van der Waals surface area contributed by atoms with Crippen LogP contribution in [0.2, 0.25) is 0 Å². The Morgan fingerprint density at radius 2 is 1.96 bits per heavy atom. The van der Waals surface area contributed by atoms with Gasteiger partial charge in [0.1, 0.15) is 12.4 Å². The van der Waals surface area contributed by atoms with E-state index >= 15 is 0 Å².